The van der Waals surface area contributed by atoms with Gasteiger partial charge in [0.2, 0.25) is 5.91 Å². The van der Waals surface area contributed by atoms with Gasteiger partial charge in [-0.3, -0.25) is 9.78 Å². The molecule has 1 heterocycles. The van der Waals surface area contributed by atoms with E-state index in [9.17, 15) is 4.79 Å². The van der Waals surface area contributed by atoms with Crippen LogP contribution in [0.4, 0.5) is 0 Å². The summed E-state index contributed by atoms with van der Waals surface area (Å²) in [5.74, 6) is 0.543. The van der Waals surface area contributed by atoms with E-state index in [0.717, 1.165) is 22.2 Å². The van der Waals surface area contributed by atoms with E-state index in [0.29, 0.717) is 5.92 Å². The van der Waals surface area contributed by atoms with Crippen molar-refractivity contribution in [3.63, 3.8) is 0 Å². The highest BCUT2D eigenvalue weighted by atomic mass is 79.9. The van der Waals surface area contributed by atoms with Crippen LogP contribution in [-0.4, -0.2) is 22.8 Å². The van der Waals surface area contributed by atoms with Crippen LogP contribution in [0, 0.1) is 5.92 Å². The van der Waals surface area contributed by atoms with E-state index >= 15 is 0 Å². The summed E-state index contributed by atoms with van der Waals surface area (Å²) < 4.78 is 1.06. The number of carbonyl (C=O) groups excluding carboxylic acids is 1. The molecule has 2 aromatic carbocycles. The molecule has 0 aliphatic heterocycles. The number of rotatable bonds is 5. The normalized spacial score (nSPS) is 19.3. The molecule has 0 N–H and O–H groups in total. The van der Waals surface area contributed by atoms with Crippen molar-refractivity contribution in [2.45, 2.75) is 18.4 Å². The number of hydrogen-bond donors (Lipinski definition) is 0. The van der Waals surface area contributed by atoms with Crippen LogP contribution >= 0.6 is 15.9 Å². The first-order chi connectivity index (χ1) is 13.1. The summed E-state index contributed by atoms with van der Waals surface area (Å²) in [6.07, 6.45) is 2.69. The third-order valence-electron chi connectivity index (χ3n) is 5.22. The Bertz CT molecular complexity index is 873. The Morgan fingerprint density at radius 1 is 1.04 bits per heavy atom. The van der Waals surface area contributed by atoms with E-state index in [1.807, 2.05) is 60.5 Å². The molecule has 4 rings (SSSR count). The lowest BCUT2D eigenvalue weighted by molar-refractivity contribution is -0.133. The van der Waals surface area contributed by atoms with Crippen LogP contribution in [0.5, 0.6) is 0 Å². The second-order valence-electron chi connectivity index (χ2n) is 7.02. The standard InChI is InChI=1S/C23H21BrN2O/c1-26(23(27)20-15-19(20)16-10-12-18(24)13-11-16)22(17-7-3-2-4-8-17)21-9-5-6-14-25-21/h2-14,19-20,22H,15H2,1H3. The SMILES string of the molecule is CN(C(=O)C1CC1c1ccc(Br)cc1)C(c1ccccc1)c1ccccn1. The van der Waals surface area contributed by atoms with Crippen LogP contribution in [0.3, 0.4) is 0 Å². The monoisotopic (exact) mass is 420 g/mol. The van der Waals surface area contributed by atoms with Gasteiger partial charge in [0.15, 0.2) is 0 Å². The molecule has 3 atom stereocenters. The Balaban J connectivity index is 1.58. The number of carbonyl (C=O) groups is 1. The Morgan fingerprint density at radius 2 is 1.74 bits per heavy atom. The van der Waals surface area contributed by atoms with Crippen LogP contribution in [-0.2, 0) is 4.79 Å². The fraction of sp³-hybridized carbons (Fsp3) is 0.217. The predicted molar refractivity (Wildman–Crippen MR) is 110 cm³/mol. The number of hydrogen-bond acceptors (Lipinski definition) is 2. The highest BCUT2D eigenvalue weighted by Crippen LogP contribution is 2.49. The number of amides is 1. The molecule has 0 bridgehead atoms. The van der Waals surface area contributed by atoms with Crippen LogP contribution in [0.15, 0.2) is 83.5 Å². The molecule has 27 heavy (non-hydrogen) atoms. The van der Waals surface area contributed by atoms with Gasteiger partial charge >= 0.3 is 0 Å². The van der Waals surface area contributed by atoms with E-state index in [-0.39, 0.29) is 17.9 Å². The third kappa shape index (κ3) is 3.81. The first kappa shape index (κ1) is 17.9. The maximum Gasteiger partial charge on any atom is 0.226 e. The number of aromatic nitrogens is 1. The van der Waals surface area contributed by atoms with Crippen molar-refractivity contribution in [1.82, 2.24) is 9.88 Å². The van der Waals surface area contributed by atoms with Gasteiger partial charge in [-0.25, -0.2) is 0 Å². The number of nitrogens with zero attached hydrogens (tertiary/aromatic N) is 2. The molecule has 1 aromatic heterocycles. The quantitative estimate of drug-likeness (QED) is 0.568. The van der Waals surface area contributed by atoms with Crippen molar-refractivity contribution in [2.24, 2.45) is 5.92 Å². The van der Waals surface area contributed by atoms with Crippen molar-refractivity contribution < 1.29 is 4.79 Å². The summed E-state index contributed by atoms with van der Waals surface area (Å²) >= 11 is 3.47. The van der Waals surface area contributed by atoms with Crippen LogP contribution in [0.2, 0.25) is 0 Å². The molecule has 1 saturated carbocycles. The maximum atomic E-state index is 13.2. The highest BCUT2D eigenvalue weighted by molar-refractivity contribution is 9.10. The minimum atomic E-state index is -0.175. The first-order valence-electron chi connectivity index (χ1n) is 9.13. The average molecular weight is 421 g/mol. The molecule has 3 nitrogen and oxygen atoms in total. The van der Waals surface area contributed by atoms with E-state index in [1.54, 1.807) is 6.20 Å². The Hall–Kier alpha value is -2.46. The minimum absolute atomic E-state index is 0.0473. The fourth-order valence-corrected chi connectivity index (χ4v) is 3.97. The number of benzene rings is 2. The largest absolute Gasteiger partial charge is 0.333 e. The van der Waals surface area contributed by atoms with Crippen molar-refractivity contribution in [1.29, 1.82) is 0 Å². The van der Waals surface area contributed by atoms with Crippen molar-refractivity contribution >= 4 is 21.8 Å². The molecule has 4 heteroatoms. The summed E-state index contributed by atoms with van der Waals surface area (Å²) in [6, 6.07) is 24.1. The highest BCUT2D eigenvalue weighted by Gasteiger charge is 2.46. The Kier molecular flexibility index (Phi) is 5.08. The molecule has 1 aliphatic carbocycles. The molecule has 1 amide bonds. The smallest absolute Gasteiger partial charge is 0.226 e. The van der Waals surface area contributed by atoms with Gasteiger partial charge in [-0.05, 0) is 47.7 Å². The van der Waals surface area contributed by atoms with E-state index in [4.69, 9.17) is 0 Å². The lowest BCUT2D eigenvalue weighted by Crippen LogP contribution is -2.33. The molecule has 3 unspecified atom stereocenters. The van der Waals surface area contributed by atoms with Gasteiger partial charge < -0.3 is 4.90 Å². The molecule has 1 fully saturated rings. The lowest BCUT2D eigenvalue weighted by Gasteiger charge is -2.28. The first-order valence-corrected chi connectivity index (χ1v) is 9.92. The van der Waals surface area contributed by atoms with Crippen LogP contribution in [0.25, 0.3) is 0 Å². The van der Waals surface area contributed by atoms with E-state index in [2.05, 4.69) is 45.2 Å². The van der Waals surface area contributed by atoms with E-state index in [1.165, 1.54) is 5.56 Å². The molecule has 0 saturated heterocycles. The molecule has 1 aliphatic rings. The van der Waals surface area contributed by atoms with Crippen molar-refractivity contribution in [3.8, 4) is 0 Å². The molecule has 0 spiro atoms. The Morgan fingerprint density at radius 3 is 2.41 bits per heavy atom. The second-order valence-corrected chi connectivity index (χ2v) is 7.93. The zero-order valence-corrected chi connectivity index (χ0v) is 16.7. The summed E-state index contributed by atoms with van der Waals surface area (Å²) in [5.41, 5.74) is 3.20. The number of halogens is 1. The zero-order chi connectivity index (χ0) is 18.8. The predicted octanol–water partition coefficient (Wildman–Crippen LogP) is 5.20. The van der Waals surface area contributed by atoms with Gasteiger partial charge in [0, 0.05) is 23.6 Å². The topological polar surface area (TPSA) is 33.2 Å². The van der Waals surface area contributed by atoms with Crippen molar-refractivity contribution in [3.05, 3.63) is 100 Å². The summed E-state index contributed by atoms with van der Waals surface area (Å²) in [5, 5.41) is 0. The molecule has 136 valence electrons. The molecular formula is C23H21BrN2O. The van der Waals surface area contributed by atoms with Crippen LogP contribution < -0.4 is 0 Å². The summed E-state index contributed by atoms with van der Waals surface area (Å²) in [6.45, 7) is 0. The van der Waals surface area contributed by atoms with Crippen LogP contribution in [0.1, 0.15) is 35.2 Å². The lowest BCUT2D eigenvalue weighted by atomic mass is 10.0. The maximum absolute atomic E-state index is 13.2. The van der Waals surface area contributed by atoms with E-state index < -0.39 is 0 Å². The fourth-order valence-electron chi connectivity index (χ4n) is 3.70. The van der Waals surface area contributed by atoms with Gasteiger partial charge in [0.25, 0.3) is 0 Å². The van der Waals surface area contributed by atoms with Gasteiger partial charge in [-0.15, -0.1) is 0 Å². The third-order valence-corrected chi connectivity index (χ3v) is 5.75. The zero-order valence-electron chi connectivity index (χ0n) is 15.1. The van der Waals surface area contributed by atoms with Gasteiger partial charge in [-0.2, -0.15) is 0 Å². The minimum Gasteiger partial charge on any atom is -0.333 e. The molecule has 0 radical (unpaired) electrons. The van der Waals surface area contributed by atoms with Crippen molar-refractivity contribution in [2.75, 3.05) is 7.05 Å². The van der Waals surface area contributed by atoms with Gasteiger partial charge in [-0.1, -0.05) is 64.5 Å². The van der Waals surface area contributed by atoms with Gasteiger partial charge in [0.05, 0.1) is 11.7 Å². The van der Waals surface area contributed by atoms with Gasteiger partial charge in [0.1, 0.15) is 0 Å². The second kappa shape index (κ2) is 7.65. The summed E-state index contributed by atoms with van der Waals surface area (Å²) in [7, 11) is 1.89. The average Bonchev–Trinajstić information content (AvgIpc) is 3.50. The Labute approximate surface area is 168 Å². The number of pyridine rings is 1. The molecule has 3 aromatic rings. The summed E-state index contributed by atoms with van der Waals surface area (Å²) in [4.78, 5) is 19.6. The molecular weight excluding hydrogens is 400 g/mol.